The van der Waals surface area contributed by atoms with Crippen LogP contribution in [0, 0.1) is 20.8 Å². The molecular weight excluding hydrogens is 262 g/mol. The lowest BCUT2D eigenvalue weighted by Gasteiger charge is -2.07. The molecule has 0 atom stereocenters. The van der Waals surface area contributed by atoms with Crippen molar-refractivity contribution in [1.29, 1.82) is 0 Å². The third-order valence-corrected chi connectivity index (χ3v) is 3.53. The maximum atomic E-state index is 12.3. The molecular formula is C18H17NO2. The van der Waals surface area contributed by atoms with Crippen LogP contribution in [0.25, 0.3) is 11.0 Å². The summed E-state index contributed by atoms with van der Waals surface area (Å²) >= 11 is 0. The second-order valence-corrected chi connectivity index (χ2v) is 5.42. The Morgan fingerprint density at radius 1 is 0.952 bits per heavy atom. The quantitative estimate of drug-likeness (QED) is 0.744. The van der Waals surface area contributed by atoms with Crippen molar-refractivity contribution in [1.82, 2.24) is 0 Å². The summed E-state index contributed by atoms with van der Waals surface area (Å²) in [7, 11) is 0. The summed E-state index contributed by atoms with van der Waals surface area (Å²) in [6, 6.07) is 13.6. The minimum absolute atomic E-state index is 0.226. The van der Waals surface area contributed by atoms with Gasteiger partial charge in [-0.2, -0.15) is 0 Å². The first-order chi connectivity index (χ1) is 10.0. The number of nitrogens with one attached hydrogen (secondary N) is 1. The fourth-order valence-electron chi connectivity index (χ4n) is 2.39. The Bertz CT molecular complexity index is 830. The number of anilines is 1. The largest absolute Gasteiger partial charge is 0.451 e. The Kier molecular flexibility index (Phi) is 3.26. The third kappa shape index (κ3) is 2.68. The van der Waals surface area contributed by atoms with Crippen molar-refractivity contribution in [3.8, 4) is 0 Å². The summed E-state index contributed by atoms with van der Waals surface area (Å²) in [4.78, 5) is 12.3. The number of amides is 1. The number of rotatable bonds is 2. The predicted molar refractivity (Wildman–Crippen MR) is 84.8 cm³/mol. The van der Waals surface area contributed by atoms with E-state index in [1.165, 1.54) is 5.56 Å². The lowest BCUT2D eigenvalue weighted by molar-refractivity contribution is 0.0998. The van der Waals surface area contributed by atoms with Crippen molar-refractivity contribution in [2.45, 2.75) is 20.8 Å². The van der Waals surface area contributed by atoms with Crippen molar-refractivity contribution >= 4 is 22.6 Å². The predicted octanol–water partition coefficient (Wildman–Crippen LogP) is 4.61. The van der Waals surface area contributed by atoms with E-state index in [0.717, 1.165) is 27.8 Å². The second-order valence-electron chi connectivity index (χ2n) is 5.42. The third-order valence-electron chi connectivity index (χ3n) is 3.53. The Balaban J connectivity index is 1.89. The number of fused-ring (bicyclic) bond motifs is 1. The van der Waals surface area contributed by atoms with E-state index in [9.17, 15) is 4.79 Å². The molecule has 1 heterocycles. The lowest BCUT2D eigenvalue weighted by Crippen LogP contribution is -2.11. The normalized spacial score (nSPS) is 10.8. The van der Waals surface area contributed by atoms with Gasteiger partial charge in [0.2, 0.25) is 0 Å². The van der Waals surface area contributed by atoms with Crippen molar-refractivity contribution in [3.05, 3.63) is 64.9 Å². The van der Waals surface area contributed by atoms with Gasteiger partial charge in [-0.05, 0) is 50.1 Å². The number of hydrogen-bond donors (Lipinski definition) is 1. The topological polar surface area (TPSA) is 42.2 Å². The molecule has 3 aromatic rings. The van der Waals surface area contributed by atoms with E-state index in [-0.39, 0.29) is 5.91 Å². The molecule has 0 spiro atoms. The molecule has 0 saturated heterocycles. The number of furan rings is 1. The van der Waals surface area contributed by atoms with E-state index in [2.05, 4.69) is 5.32 Å². The smallest absolute Gasteiger partial charge is 0.291 e. The van der Waals surface area contributed by atoms with Crippen LogP contribution in [0.3, 0.4) is 0 Å². The van der Waals surface area contributed by atoms with Gasteiger partial charge in [-0.1, -0.05) is 29.8 Å². The molecule has 0 saturated carbocycles. The monoisotopic (exact) mass is 279 g/mol. The Hall–Kier alpha value is -2.55. The average Bonchev–Trinajstić information content (AvgIpc) is 2.85. The fourth-order valence-corrected chi connectivity index (χ4v) is 2.39. The SMILES string of the molecule is Cc1ccc(NC(=O)c2cc3ccc(C)cc3o2)c(C)c1. The van der Waals surface area contributed by atoms with Crippen molar-refractivity contribution in [2.24, 2.45) is 0 Å². The van der Waals surface area contributed by atoms with Crippen LogP contribution < -0.4 is 5.32 Å². The highest BCUT2D eigenvalue weighted by Gasteiger charge is 2.13. The van der Waals surface area contributed by atoms with Gasteiger partial charge in [-0.25, -0.2) is 0 Å². The van der Waals surface area contributed by atoms with Crippen LogP contribution in [0.1, 0.15) is 27.2 Å². The highest BCUT2D eigenvalue weighted by molar-refractivity contribution is 6.05. The van der Waals surface area contributed by atoms with E-state index in [4.69, 9.17) is 4.42 Å². The van der Waals surface area contributed by atoms with Gasteiger partial charge in [0.15, 0.2) is 5.76 Å². The fraction of sp³-hybridized carbons (Fsp3) is 0.167. The first kappa shape index (κ1) is 13.4. The van der Waals surface area contributed by atoms with Crippen LogP contribution in [0.4, 0.5) is 5.69 Å². The highest BCUT2D eigenvalue weighted by Crippen LogP contribution is 2.22. The van der Waals surface area contributed by atoms with E-state index >= 15 is 0 Å². The van der Waals surface area contributed by atoms with Crippen LogP contribution in [0.5, 0.6) is 0 Å². The molecule has 0 fully saturated rings. The first-order valence-corrected chi connectivity index (χ1v) is 6.92. The summed E-state index contributed by atoms with van der Waals surface area (Å²) < 4.78 is 5.63. The molecule has 0 aliphatic carbocycles. The molecule has 3 heteroatoms. The molecule has 2 aromatic carbocycles. The summed E-state index contributed by atoms with van der Waals surface area (Å²) in [5.41, 5.74) is 4.86. The zero-order chi connectivity index (χ0) is 15.0. The standard InChI is InChI=1S/C18H17NO2/c1-11-5-7-15(13(3)8-11)19-18(20)17-10-14-6-4-12(2)9-16(14)21-17/h4-10H,1-3H3,(H,19,20). The molecule has 1 amide bonds. The Morgan fingerprint density at radius 3 is 2.43 bits per heavy atom. The molecule has 3 rings (SSSR count). The highest BCUT2D eigenvalue weighted by atomic mass is 16.3. The van der Waals surface area contributed by atoms with Gasteiger partial charge in [0.25, 0.3) is 5.91 Å². The van der Waals surface area contributed by atoms with Crippen LogP contribution in [0.2, 0.25) is 0 Å². The van der Waals surface area contributed by atoms with Crippen LogP contribution >= 0.6 is 0 Å². The number of hydrogen-bond acceptors (Lipinski definition) is 2. The van der Waals surface area contributed by atoms with Crippen LogP contribution in [-0.4, -0.2) is 5.91 Å². The Morgan fingerprint density at radius 2 is 1.67 bits per heavy atom. The number of carbonyl (C=O) groups is 1. The van der Waals surface area contributed by atoms with Gasteiger partial charge in [0.1, 0.15) is 5.58 Å². The molecule has 0 aliphatic rings. The number of benzene rings is 2. The van der Waals surface area contributed by atoms with Gasteiger partial charge in [0.05, 0.1) is 0 Å². The van der Waals surface area contributed by atoms with Crippen LogP contribution in [0.15, 0.2) is 46.9 Å². The van der Waals surface area contributed by atoms with Crippen molar-refractivity contribution in [3.63, 3.8) is 0 Å². The molecule has 0 unspecified atom stereocenters. The molecule has 0 aliphatic heterocycles. The number of carbonyl (C=O) groups excluding carboxylic acids is 1. The molecule has 1 aromatic heterocycles. The minimum atomic E-state index is -0.226. The zero-order valence-corrected chi connectivity index (χ0v) is 12.4. The summed E-state index contributed by atoms with van der Waals surface area (Å²) in [6.07, 6.45) is 0. The molecule has 1 N–H and O–H groups in total. The van der Waals surface area contributed by atoms with E-state index in [1.54, 1.807) is 6.07 Å². The van der Waals surface area contributed by atoms with Crippen molar-refractivity contribution < 1.29 is 9.21 Å². The summed E-state index contributed by atoms with van der Waals surface area (Å²) in [5, 5.41) is 3.83. The van der Waals surface area contributed by atoms with Gasteiger partial charge in [-0.15, -0.1) is 0 Å². The molecule has 106 valence electrons. The first-order valence-electron chi connectivity index (χ1n) is 6.92. The molecule has 0 bridgehead atoms. The second kappa shape index (κ2) is 5.09. The van der Waals surface area contributed by atoms with Gasteiger partial charge >= 0.3 is 0 Å². The zero-order valence-electron chi connectivity index (χ0n) is 12.4. The minimum Gasteiger partial charge on any atom is -0.451 e. The molecule has 3 nitrogen and oxygen atoms in total. The van der Waals surface area contributed by atoms with Crippen LogP contribution in [-0.2, 0) is 0 Å². The van der Waals surface area contributed by atoms with Gasteiger partial charge in [0, 0.05) is 11.1 Å². The van der Waals surface area contributed by atoms with Crippen molar-refractivity contribution in [2.75, 3.05) is 5.32 Å². The molecule has 21 heavy (non-hydrogen) atoms. The molecule has 0 radical (unpaired) electrons. The Labute approximate surface area is 123 Å². The summed E-state index contributed by atoms with van der Waals surface area (Å²) in [5.74, 6) is 0.103. The average molecular weight is 279 g/mol. The van der Waals surface area contributed by atoms with Gasteiger partial charge in [-0.3, -0.25) is 4.79 Å². The van der Waals surface area contributed by atoms with E-state index in [1.807, 2.05) is 57.2 Å². The van der Waals surface area contributed by atoms with Gasteiger partial charge < -0.3 is 9.73 Å². The number of aryl methyl sites for hydroxylation is 3. The van der Waals surface area contributed by atoms with E-state index in [0.29, 0.717) is 5.76 Å². The maximum absolute atomic E-state index is 12.3. The lowest BCUT2D eigenvalue weighted by atomic mass is 10.1. The maximum Gasteiger partial charge on any atom is 0.291 e. The van der Waals surface area contributed by atoms with E-state index < -0.39 is 0 Å². The summed E-state index contributed by atoms with van der Waals surface area (Å²) in [6.45, 7) is 6.00.